The van der Waals surface area contributed by atoms with Gasteiger partial charge in [0.25, 0.3) is 0 Å². The van der Waals surface area contributed by atoms with Crippen molar-refractivity contribution in [2.45, 2.75) is 19.8 Å². The molecule has 7 nitrogen and oxygen atoms in total. The maximum atomic E-state index is 12.3. The van der Waals surface area contributed by atoms with Crippen molar-refractivity contribution in [2.75, 3.05) is 19.9 Å². The molecule has 0 N–H and O–H groups in total. The Balaban J connectivity index is 1.66. The van der Waals surface area contributed by atoms with Crippen LogP contribution >= 0.6 is 0 Å². The summed E-state index contributed by atoms with van der Waals surface area (Å²) < 4.78 is 15.3. The summed E-state index contributed by atoms with van der Waals surface area (Å²) in [5.41, 5.74) is 0.887. The highest BCUT2D eigenvalue weighted by molar-refractivity contribution is 6.05. The van der Waals surface area contributed by atoms with Crippen molar-refractivity contribution < 1.29 is 28.6 Å². The van der Waals surface area contributed by atoms with Gasteiger partial charge in [-0.3, -0.25) is 19.3 Å². The Kier molecular flexibility index (Phi) is 4.18. The van der Waals surface area contributed by atoms with E-state index in [9.17, 15) is 14.4 Å². The van der Waals surface area contributed by atoms with Crippen LogP contribution in [0.2, 0.25) is 0 Å². The van der Waals surface area contributed by atoms with E-state index in [-0.39, 0.29) is 38.2 Å². The van der Waals surface area contributed by atoms with Gasteiger partial charge in [-0.2, -0.15) is 0 Å². The summed E-state index contributed by atoms with van der Waals surface area (Å²) in [5, 5.41) is 0. The van der Waals surface area contributed by atoms with Crippen LogP contribution < -0.4 is 9.47 Å². The molecule has 1 aromatic carbocycles. The molecule has 2 heterocycles. The van der Waals surface area contributed by atoms with Crippen LogP contribution in [0.5, 0.6) is 11.5 Å². The molecule has 0 saturated carbocycles. The second-order valence-electron chi connectivity index (χ2n) is 5.42. The average molecular weight is 319 g/mol. The first-order chi connectivity index (χ1) is 11.1. The zero-order valence-corrected chi connectivity index (χ0v) is 12.7. The molecule has 3 rings (SSSR count). The molecule has 0 aromatic heterocycles. The van der Waals surface area contributed by atoms with E-state index in [4.69, 9.17) is 14.2 Å². The van der Waals surface area contributed by atoms with Crippen LogP contribution in [0.25, 0.3) is 0 Å². The van der Waals surface area contributed by atoms with Crippen LogP contribution in [0.1, 0.15) is 18.9 Å². The van der Waals surface area contributed by atoms with Gasteiger partial charge >= 0.3 is 5.97 Å². The number of imide groups is 1. The zero-order chi connectivity index (χ0) is 16.4. The van der Waals surface area contributed by atoms with E-state index in [2.05, 4.69) is 0 Å². The summed E-state index contributed by atoms with van der Waals surface area (Å²) in [5.74, 6) is -0.390. The van der Waals surface area contributed by atoms with Gasteiger partial charge in [-0.1, -0.05) is 6.07 Å². The standard InChI is InChI=1S/C16H17NO6/c1-2-21-15(19)8-17-14(18)7-11(16(17)20)5-10-3-4-12-13(6-10)23-9-22-12/h3-4,6,11H,2,5,7-9H2,1H3. The second-order valence-corrected chi connectivity index (χ2v) is 5.42. The molecule has 1 fully saturated rings. The lowest BCUT2D eigenvalue weighted by atomic mass is 9.97. The number of carbonyl (C=O) groups is 3. The molecule has 2 aliphatic rings. The first kappa shape index (κ1) is 15.3. The molecule has 23 heavy (non-hydrogen) atoms. The number of amides is 2. The average Bonchev–Trinajstić information content (AvgIpc) is 3.07. The third kappa shape index (κ3) is 3.13. The van der Waals surface area contributed by atoms with Crippen LogP contribution in [0.15, 0.2) is 18.2 Å². The number of carbonyl (C=O) groups excluding carboxylic acids is 3. The summed E-state index contributed by atoms with van der Waals surface area (Å²) in [6.45, 7) is 1.76. The zero-order valence-electron chi connectivity index (χ0n) is 12.7. The SMILES string of the molecule is CCOC(=O)CN1C(=O)CC(Cc2ccc3c(c2)OCO3)C1=O. The van der Waals surface area contributed by atoms with Gasteiger partial charge in [0.15, 0.2) is 11.5 Å². The largest absolute Gasteiger partial charge is 0.465 e. The number of nitrogens with zero attached hydrogens (tertiary/aromatic N) is 1. The highest BCUT2D eigenvalue weighted by atomic mass is 16.7. The third-order valence-corrected chi connectivity index (χ3v) is 3.85. The lowest BCUT2D eigenvalue weighted by Crippen LogP contribution is -2.36. The van der Waals surface area contributed by atoms with Crippen LogP contribution in [-0.4, -0.2) is 42.6 Å². The van der Waals surface area contributed by atoms with E-state index in [0.29, 0.717) is 17.9 Å². The Morgan fingerprint density at radius 1 is 1.30 bits per heavy atom. The Hall–Kier alpha value is -2.57. The lowest BCUT2D eigenvalue weighted by molar-refractivity contribution is -0.152. The molecule has 1 unspecified atom stereocenters. The second kappa shape index (κ2) is 6.28. The predicted octanol–water partition coefficient (Wildman–Crippen LogP) is 0.896. The highest BCUT2D eigenvalue weighted by Crippen LogP contribution is 2.34. The van der Waals surface area contributed by atoms with E-state index < -0.39 is 11.9 Å². The molecule has 0 radical (unpaired) electrons. The molecule has 0 spiro atoms. The van der Waals surface area contributed by atoms with Crippen molar-refractivity contribution in [1.82, 2.24) is 4.90 Å². The van der Waals surface area contributed by atoms with Gasteiger partial charge in [-0.25, -0.2) is 0 Å². The summed E-state index contributed by atoms with van der Waals surface area (Å²) in [6.07, 6.45) is 0.521. The molecular weight excluding hydrogens is 302 g/mol. The molecule has 1 aromatic rings. The lowest BCUT2D eigenvalue weighted by Gasteiger charge is -2.14. The van der Waals surface area contributed by atoms with E-state index in [0.717, 1.165) is 10.5 Å². The van der Waals surface area contributed by atoms with Crippen molar-refractivity contribution in [2.24, 2.45) is 5.92 Å². The van der Waals surface area contributed by atoms with Gasteiger partial charge in [-0.15, -0.1) is 0 Å². The van der Waals surface area contributed by atoms with E-state index in [1.165, 1.54) is 0 Å². The van der Waals surface area contributed by atoms with Crippen molar-refractivity contribution >= 4 is 17.8 Å². The number of ether oxygens (including phenoxy) is 3. The van der Waals surface area contributed by atoms with Gasteiger partial charge in [0, 0.05) is 6.42 Å². The monoisotopic (exact) mass is 319 g/mol. The summed E-state index contributed by atoms with van der Waals surface area (Å²) in [6, 6.07) is 5.45. The molecular formula is C16H17NO6. The Bertz CT molecular complexity index is 656. The van der Waals surface area contributed by atoms with Crippen molar-refractivity contribution in [3.05, 3.63) is 23.8 Å². The number of benzene rings is 1. The summed E-state index contributed by atoms with van der Waals surface area (Å²) in [4.78, 5) is 36.8. The number of hydrogen-bond acceptors (Lipinski definition) is 6. The minimum absolute atomic E-state index is 0.104. The fourth-order valence-electron chi connectivity index (χ4n) is 2.77. The van der Waals surface area contributed by atoms with Crippen molar-refractivity contribution in [3.63, 3.8) is 0 Å². The van der Waals surface area contributed by atoms with Gasteiger partial charge in [0.2, 0.25) is 18.6 Å². The van der Waals surface area contributed by atoms with Gasteiger partial charge in [0.05, 0.1) is 12.5 Å². The molecule has 1 atom stereocenters. The molecule has 2 aliphatic heterocycles. The normalized spacial score (nSPS) is 19.3. The number of hydrogen-bond donors (Lipinski definition) is 0. The number of rotatable bonds is 5. The first-order valence-corrected chi connectivity index (χ1v) is 7.47. The molecule has 7 heteroatoms. The van der Waals surface area contributed by atoms with E-state index in [1.54, 1.807) is 13.0 Å². The topological polar surface area (TPSA) is 82.1 Å². The van der Waals surface area contributed by atoms with Crippen LogP contribution in [0.4, 0.5) is 0 Å². The summed E-state index contributed by atoms with van der Waals surface area (Å²) in [7, 11) is 0. The van der Waals surface area contributed by atoms with Crippen molar-refractivity contribution in [1.29, 1.82) is 0 Å². The van der Waals surface area contributed by atoms with E-state index in [1.807, 2.05) is 12.1 Å². The van der Waals surface area contributed by atoms with Gasteiger partial charge in [-0.05, 0) is 31.0 Å². The number of likely N-dealkylation sites (tertiary alicyclic amines) is 1. The smallest absolute Gasteiger partial charge is 0.326 e. The van der Waals surface area contributed by atoms with Crippen LogP contribution in [0.3, 0.4) is 0 Å². The summed E-state index contributed by atoms with van der Waals surface area (Å²) >= 11 is 0. The Morgan fingerprint density at radius 2 is 2.09 bits per heavy atom. The van der Waals surface area contributed by atoms with Crippen LogP contribution in [-0.2, 0) is 25.5 Å². The maximum Gasteiger partial charge on any atom is 0.326 e. The Morgan fingerprint density at radius 3 is 2.87 bits per heavy atom. The number of esters is 1. The van der Waals surface area contributed by atoms with Crippen LogP contribution in [0, 0.1) is 5.92 Å². The minimum Gasteiger partial charge on any atom is -0.465 e. The fourth-order valence-corrected chi connectivity index (χ4v) is 2.77. The molecule has 0 bridgehead atoms. The molecule has 122 valence electrons. The molecule has 1 saturated heterocycles. The minimum atomic E-state index is -0.571. The highest BCUT2D eigenvalue weighted by Gasteiger charge is 2.39. The molecule has 0 aliphatic carbocycles. The maximum absolute atomic E-state index is 12.3. The fraction of sp³-hybridized carbons (Fsp3) is 0.438. The quantitative estimate of drug-likeness (QED) is 0.592. The number of fused-ring (bicyclic) bond motifs is 1. The van der Waals surface area contributed by atoms with Gasteiger partial charge < -0.3 is 14.2 Å². The third-order valence-electron chi connectivity index (χ3n) is 3.85. The van der Waals surface area contributed by atoms with E-state index >= 15 is 0 Å². The van der Waals surface area contributed by atoms with Gasteiger partial charge in [0.1, 0.15) is 6.54 Å². The Labute approximate surface area is 133 Å². The molecule has 2 amide bonds. The van der Waals surface area contributed by atoms with Crippen molar-refractivity contribution in [3.8, 4) is 11.5 Å². The predicted molar refractivity (Wildman–Crippen MR) is 77.7 cm³/mol. The first-order valence-electron chi connectivity index (χ1n) is 7.47.